The van der Waals surface area contributed by atoms with Crippen molar-refractivity contribution < 1.29 is 17.6 Å². The van der Waals surface area contributed by atoms with E-state index in [0.29, 0.717) is 11.8 Å². The Bertz CT molecular complexity index is 1200. The van der Waals surface area contributed by atoms with Crippen LogP contribution in [0.25, 0.3) is 0 Å². The largest absolute Gasteiger partial charge is 0.416 e. The molecule has 0 bridgehead atoms. The molecule has 7 nitrogen and oxygen atoms in total. The first-order valence-corrected chi connectivity index (χ1v) is 11.3. The average Bonchev–Trinajstić information content (AvgIpc) is 3.17. The van der Waals surface area contributed by atoms with E-state index in [1.165, 1.54) is 6.33 Å². The second kappa shape index (κ2) is 9.06. The number of anilines is 2. The van der Waals surface area contributed by atoms with Gasteiger partial charge >= 0.3 is 6.18 Å². The molecule has 5 rings (SSSR count). The summed E-state index contributed by atoms with van der Waals surface area (Å²) in [5.74, 6) is -0.149. The van der Waals surface area contributed by atoms with Gasteiger partial charge in [-0.2, -0.15) is 13.2 Å². The molecule has 0 radical (unpaired) electrons. The lowest BCUT2D eigenvalue weighted by molar-refractivity contribution is -0.137. The third-order valence-electron chi connectivity index (χ3n) is 6.52. The zero-order valence-corrected chi connectivity index (χ0v) is 18.7. The van der Waals surface area contributed by atoms with Gasteiger partial charge in [0.1, 0.15) is 17.8 Å². The van der Waals surface area contributed by atoms with Crippen molar-refractivity contribution in [1.29, 1.82) is 0 Å². The summed E-state index contributed by atoms with van der Waals surface area (Å²) >= 11 is 0. The van der Waals surface area contributed by atoms with Crippen molar-refractivity contribution in [2.45, 2.75) is 37.3 Å². The van der Waals surface area contributed by atoms with Crippen LogP contribution < -0.4 is 26.8 Å². The molecular weight excluding hydrogens is 462 g/mol. The predicted octanol–water partition coefficient (Wildman–Crippen LogP) is 3.48. The lowest BCUT2D eigenvalue weighted by Crippen LogP contribution is -2.57. The first-order chi connectivity index (χ1) is 16.8. The van der Waals surface area contributed by atoms with Crippen molar-refractivity contribution in [3.8, 4) is 0 Å². The number of rotatable bonds is 5. The summed E-state index contributed by atoms with van der Waals surface area (Å²) in [6, 6.07) is 10.1. The van der Waals surface area contributed by atoms with E-state index in [4.69, 9.17) is 5.73 Å². The van der Waals surface area contributed by atoms with Crippen molar-refractivity contribution in [1.82, 2.24) is 20.7 Å². The maximum Gasteiger partial charge on any atom is 0.416 e. The molecule has 0 spiro atoms. The second-order valence-corrected chi connectivity index (χ2v) is 8.77. The zero-order chi connectivity index (χ0) is 24.6. The van der Waals surface area contributed by atoms with Gasteiger partial charge in [-0.15, -0.1) is 0 Å². The fourth-order valence-corrected chi connectivity index (χ4v) is 4.56. The summed E-state index contributed by atoms with van der Waals surface area (Å²) < 4.78 is 52.4. The molecule has 1 unspecified atom stereocenters. The van der Waals surface area contributed by atoms with Crippen molar-refractivity contribution in [3.63, 3.8) is 0 Å². The van der Waals surface area contributed by atoms with Gasteiger partial charge in [0.05, 0.1) is 11.1 Å². The van der Waals surface area contributed by atoms with Crippen LogP contribution >= 0.6 is 0 Å². The highest BCUT2D eigenvalue weighted by molar-refractivity contribution is 5.59. The van der Waals surface area contributed by atoms with Crippen LogP contribution in [0.2, 0.25) is 0 Å². The summed E-state index contributed by atoms with van der Waals surface area (Å²) in [6.45, 7) is 1.87. The molecule has 11 heteroatoms. The van der Waals surface area contributed by atoms with E-state index in [2.05, 4.69) is 26.0 Å². The molecule has 184 valence electrons. The van der Waals surface area contributed by atoms with Crippen LogP contribution in [-0.4, -0.2) is 29.1 Å². The van der Waals surface area contributed by atoms with E-state index in [-0.39, 0.29) is 18.2 Å². The minimum atomic E-state index is -4.58. The van der Waals surface area contributed by atoms with Crippen molar-refractivity contribution in [2.75, 3.05) is 23.4 Å². The fraction of sp³-hybridized carbons (Fsp3) is 0.333. The SMILES string of the molecule is NC1(c2ccc(NCc3ccc(C(F)(F)F)cc3F)cc2)NN(C2CCNCC2)c2ncncc21. The molecule has 2 aromatic carbocycles. The number of alkyl halides is 3. The molecule has 3 aromatic rings. The molecule has 3 heterocycles. The number of halogens is 4. The molecule has 1 fully saturated rings. The Morgan fingerprint density at radius 3 is 2.54 bits per heavy atom. The van der Waals surface area contributed by atoms with Gasteiger partial charge in [-0.25, -0.2) is 19.8 Å². The molecule has 35 heavy (non-hydrogen) atoms. The summed E-state index contributed by atoms with van der Waals surface area (Å²) in [7, 11) is 0. The van der Waals surface area contributed by atoms with Crippen LogP contribution in [0, 0.1) is 5.82 Å². The summed E-state index contributed by atoms with van der Waals surface area (Å²) in [6.07, 6.45) is 0.553. The minimum Gasteiger partial charge on any atom is -0.381 e. The van der Waals surface area contributed by atoms with Crippen molar-refractivity contribution in [2.24, 2.45) is 5.73 Å². The Labute approximate surface area is 199 Å². The van der Waals surface area contributed by atoms with Gasteiger partial charge in [-0.1, -0.05) is 18.2 Å². The van der Waals surface area contributed by atoms with Gasteiger partial charge in [0.15, 0.2) is 5.82 Å². The van der Waals surface area contributed by atoms with Crippen LogP contribution in [-0.2, 0) is 18.4 Å². The van der Waals surface area contributed by atoms with E-state index in [0.717, 1.165) is 55.0 Å². The average molecular weight is 488 g/mol. The van der Waals surface area contributed by atoms with Gasteiger partial charge in [0.2, 0.25) is 0 Å². The maximum absolute atomic E-state index is 14.1. The molecule has 1 atom stereocenters. The van der Waals surface area contributed by atoms with Crippen LogP contribution in [0.1, 0.15) is 35.1 Å². The molecule has 1 aromatic heterocycles. The topological polar surface area (TPSA) is 91.1 Å². The quantitative estimate of drug-likeness (QED) is 0.410. The van der Waals surface area contributed by atoms with Gasteiger partial charge < -0.3 is 16.4 Å². The Kier molecular flexibility index (Phi) is 6.07. The molecule has 2 aliphatic rings. The number of fused-ring (bicyclic) bond motifs is 1. The smallest absolute Gasteiger partial charge is 0.381 e. The summed E-state index contributed by atoms with van der Waals surface area (Å²) in [5.41, 5.74) is 10.6. The number of piperidine rings is 1. The highest BCUT2D eigenvalue weighted by Crippen LogP contribution is 2.38. The van der Waals surface area contributed by atoms with Gasteiger partial charge in [-0.05, 0) is 55.8 Å². The normalized spacial score (nSPS) is 20.7. The number of nitrogens with one attached hydrogen (secondary N) is 3. The molecular formula is C24H25F4N7. The van der Waals surface area contributed by atoms with Crippen LogP contribution in [0.3, 0.4) is 0 Å². The number of hydrogen-bond donors (Lipinski definition) is 4. The van der Waals surface area contributed by atoms with Gasteiger partial charge in [0, 0.05) is 30.0 Å². The number of hydrogen-bond acceptors (Lipinski definition) is 7. The predicted molar refractivity (Wildman–Crippen MR) is 124 cm³/mol. The van der Waals surface area contributed by atoms with E-state index in [9.17, 15) is 17.6 Å². The molecule has 0 saturated carbocycles. The second-order valence-electron chi connectivity index (χ2n) is 8.77. The maximum atomic E-state index is 14.1. The van der Waals surface area contributed by atoms with Crippen LogP contribution in [0.5, 0.6) is 0 Å². The number of nitrogens with zero attached hydrogens (tertiary/aromatic N) is 3. The highest BCUT2D eigenvalue weighted by atomic mass is 19.4. The van der Waals surface area contributed by atoms with E-state index in [1.54, 1.807) is 18.3 Å². The Morgan fingerprint density at radius 1 is 1.11 bits per heavy atom. The third kappa shape index (κ3) is 4.54. The van der Waals surface area contributed by atoms with Crippen LogP contribution in [0.4, 0.5) is 29.1 Å². The number of aromatic nitrogens is 2. The molecule has 0 aliphatic carbocycles. The lowest BCUT2D eigenvalue weighted by atomic mass is 9.95. The summed E-state index contributed by atoms with van der Waals surface area (Å²) in [4.78, 5) is 8.66. The van der Waals surface area contributed by atoms with Crippen molar-refractivity contribution in [3.05, 3.63) is 83.1 Å². The van der Waals surface area contributed by atoms with E-state index in [1.807, 2.05) is 17.1 Å². The molecule has 1 saturated heterocycles. The third-order valence-corrected chi connectivity index (χ3v) is 6.52. The first kappa shape index (κ1) is 23.5. The standard InChI is InChI=1S/C24H25F4N7/c25-21-11-17(24(26,27)28)2-1-15(21)12-32-18-5-3-16(4-6-18)23(29)20-13-31-14-33-22(20)35(34-23)19-7-9-30-10-8-19/h1-6,11,13-14,19,30,32,34H,7-10,12,29H2. The number of benzene rings is 2. The van der Waals surface area contributed by atoms with E-state index < -0.39 is 23.2 Å². The van der Waals surface area contributed by atoms with Crippen molar-refractivity contribution >= 4 is 11.5 Å². The Morgan fingerprint density at radius 2 is 1.86 bits per heavy atom. The van der Waals surface area contributed by atoms with Crippen LogP contribution in [0.15, 0.2) is 55.0 Å². The fourth-order valence-electron chi connectivity index (χ4n) is 4.56. The Hall–Kier alpha value is -3.28. The van der Waals surface area contributed by atoms with Gasteiger partial charge in [0.25, 0.3) is 0 Å². The Balaban J connectivity index is 1.32. The first-order valence-electron chi connectivity index (χ1n) is 11.3. The monoisotopic (exact) mass is 487 g/mol. The summed E-state index contributed by atoms with van der Waals surface area (Å²) in [5, 5.41) is 8.44. The zero-order valence-electron chi connectivity index (χ0n) is 18.7. The number of nitrogens with two attached hydrogens (primary N) is 1. The van der Waals surface area contributed by atoms with Gasteiger partial charge in [-0.3, -0.25) is 5.01 Å². The lowest BCUT2D eigenvalue weighted by Gasteiger charge is -2.35. The number of hydrazine groups is 1. The molecule has 0 amide bonds. The highest BCUT2D eigenvalue weighted by Gasteiger charge is 2.44. The minimum absolute atomic E-state index is 0.0372. The molecule has 2 aliphatic heterocycles. The molecule has 5 N–H and O–H groups in total. The van der Waals surface area contributed by atoms with E-state index >= 15 is 0 Å².